The van der Waals surface area contributed by atoms with Crippen molar-refractivity contribution in [3.8, 4) is 5.75 Å². The Morgan fingerprint density at radius 1 is 1.38 bits per heavy atom. The molecule has 3 aromatic rings. The molecule has 0 amide bonds. The summed E-state index contributed by atoms with van der Waals surface area (Å²) in [6.45, 7) is 2.91. The second-order valence-corrected chi connectivity index (χ2v) is 4.90. The zero-order valence-electron chi connectivity index (χ0n) is 12.5. The van der Waals surface area contributed by atoms with Crippen LogP contribution in [0.4, 0.5) is 0 Å². The number of rotatable bonds is 5. The molecule has 2 heterocycles. The minimum atomic E-state index is -0.0268. The average Bonchev–Trinajstić information content (AvgIpc) is 3.09. The van der Waals surface area contributed by atoms with Gasteiger partial charge in [0.1, 0.15) is 11.3 Å². The number of para-hydroxylation sites is 1. The van der Waals surface area contributed by atoms with Crippen LogP contribution in [0.2, 0.25) is 0 Å². The van der Waals surface area contributed by atoms with Crippen molar-refractivity contribution in [3.63, 3.8) is 0 Å². The second kappa shape index (κ2) is 5.61. The van der Waals surface area contributed by atoms with Gasteiger partial charge in [-0.3, -0.25) is 4.68 Å². The van der Waals surface area contributed by atoms with E-state index in [2.05, 4.69) is 23.4 Å². The lowest BCUT2D eigenvalue weighted by Crippen LogP contribution is -2.24. The van der Waals surface area contributed by atoms with Gasteiger partial charge >= 0.3 is 0 Å². The molecule has 5 heteroatoms. The van der Waals surface area contributed by atoms with Crippen LogP contribution in [0.3, 0.4) is 0 Å². The van der Waals surface area contributed by atoms with Crippen molar-refractivity contribution in [3.05, 3.63) is 48.0 Å². The van der Waals surface area contributed by atoms with Gasteiger partial charge in [0, 0.05) is 18.0 Å². The summed E-state index contributed by atoms with van der Waals surface area (Å²) in [6, 6.07) is 8.01. The molecule has 0 aliphatic rings. The highest BCUT2D eigenvalue weighted by Crippen LogP contribution is 2.34. The summed E-state index contributed by atoms with van der Waals surface area (Å²) < 4.78 is 13.0. The summed E-state index contributed by atoms with van der Waals surface area (Å²) in [5.74, 6) is 0.772. The van der Waals surface area contributed by atoms with E-state index in [0.717, 1.165) is 34.5 Å². The predicted octanol–water partition coefficient (Wildman–Crippen LogP) is 2.87. The number of methoxy groups -OCH3 is 1. The molecule has 0 radical (unpaired) electrons. The molecule has 0 aliphatic carbocycles. The maximum absolute atomic E-state index is 5.68. The molecule has 2 aromatic heterocycles. The Labute approximate surface area is 123 Å². The first kappa shape index (κ1) is 13.7. The highest BCUT2D eigenvalue weighted by atomic mass is 16.5. The summed E-state index contributed by atoms with van der Waals surface area (Å²) in [5.41, 5.74) is 2.97. The highest BCUT2D eigenvalue weighted by Gasteiger charge is 2.24. The molecule has 0 saturated carbocycles. The molecule has 0 fully saturated rings. The molecule has 1 aromatic carbocycles. The van der Waals surface area contributed by atoms with Crippen LogP contribution in [0, 0.1) is 0 Å². The van der Waals surface area contributed by atoms with E-state index in [9.17, 15) is 0 Å². The van der Waals surface area contributed by atoms with Crippen molar-refractivity contribution in [2.75, 3.05) is 13.7 Å². The van der Waals surface area contributed by atoms with Gasteiger partial charge in [0.15, 0.2) is 5.75 Å². The largest absolute Gasteiger partial charge is 0.493 e. The lowest BCUT2D eigenvalue weighted by molar-refractivity contribution is 0.401. The van der Waals surface area contributed by atoms with Gasteiger partial charge in [-0.15, -0.1) is 0 Å². The van der Waals surface area contributed by atoms with E-state index in [1.165, 1.54) is 0 Å². The van der Waals surface area contributed by atoms with Gasteiger partial charge < -0.3 is 14.5 Å². The molecule has 3 rings (SSSR count). The maximum atomic E-state index is 5.68. The lowest BCUT2D eigenvalue weighted by atomic mass is 10.0. The first-order chi connectivity index (χ1) is 10.3. The smallest absolute Gasteiger partial charge is 0.161 e. The average molecular weight is 285 g/mol. The monoisotopic (exact) mass is 285 g/mol. The van der Waals surface area contributed by atoms with Crippen LogP contribution < -0.4 is 10.1 Å². The molecule has 5 nitrogen and oxygen atoms in total. The van der Waals surface area contributed by atoms with Gasteiger partial charge in [-0.25, -0.2) is 0 Å². The third-order valence-electron chi connectivity index (χ3n) is 3.67. The number of aromatic nitrogens is 2. The Morgan fingerprint density at radius 3 is 2.95 bits per heavy atom. The molecule has 0 spiro atoms. The fourth-order valence-electron chi connectivity index (χ4n) is 2.69. The third kappa shape index (κ3) is 2.29. The highest BCUT2D eigenvalue weighted by molar-refractivity contribution is 5.82. The number of nitrogens with zero attached hydrogens (tertiary/aromatic N) is 2. The number of nitrogens with one attached hydrogen (secondary N) is 1. The van der Waals surface area contributed by atoms with Crippen LogP contribution in [0.5, 0.6) is 5.75 Å². The Kier molecular flexibility index (Phi) is 3.66. The second-order valence-electron chi connectivity index (χ2n) is 4.90. The van der Waals surface area contributed by atoms with Crippen molar-refractivity contribution >= 4 is 11.0 Å². The molecular weight excluding hydrogens is 266 g/mol. The molecule has 1 unspecified atom stereocenters. The number of ether oxygens (including phenoxy) is 1. The zero-order chi connectivity index (χ0) is 14.8. The molecule has 0 saturated heterocycles. The number of aryl methyl sites for hydroxylation is 1. The van der Waals surface area contributed by atoms with Crippen LogP contribution in [-0.4, -0.2) is 23.4 Å². The van der Waals surface area contributed by atoms with E-state index in [0.29, 0.717) is 0 Å². The van der Waals surface area contributed by atoms with Gasteiger partial charge in [0.2, 0.25) is 0 Å². The fraction of sp³-hybridized carbons (Fsp3) is 0.312. The normalized spacial score (nSPS) is 12.7. The van der Waals surface area contributed by atoms with Gasteiger partial charge in [0.25, 0.3) is 0 Å². The molecule has 110 valence electrons. The molecule has 0 aliphatic heterocycles. The number of benzene rings is 1. The minimum Gasteiger partial charge on any atom is -0.493 e. The van der Waals surface area contributed by atoms with E-state index in [4.69, 9.17) is 9.15 Å². The number of furan rings is 1. The van der Waals surface area contributed by atoms with Gasteiger partial charge in [-0.2, -0.15) is 5.10 Å². The predicted molar refractivity (Wildman–Crippen MR) is 81.5 cm³/mol. The van der Waals surface area contributed by atoms with Crippen LogP contribution >= 0.6 is 0 Å². The SMILES string of the molecule is CCNC(c1coc2ccccc12)c1c(OC)cnn1C. The van der Waals surface area contributed by atoms with E-state index in [1.54, 1.807) is 13.3 Å². The van der Waals surface area contributed by atoms with Crippen LogP contribution in [0.25, 0.3) is 11.0 Å². The summed E-state index contributed by atoms with van der Waals surface area (Å²) in [4.78, 5) is 0. The Morgan fingerprint density at radius 2 is 2.19 bits per heavy atom. The molecule has 21 heavy (non-hydrogen) atoms. The summed E-state index contributed by atoms with van der Waals surface area (Å²) in [6.07, 6.45) is 3.55. The van der Waals surface area contributed by atoms with E-state index >= 15 is 0 Å². The first-order valence-corrected chi connectivity index (χ1v) is 7.01. The minimum absolute atomic E-state index is 0.0268. The first-order valence-electron chi connectivity index (χ1n) is 7.01. The number of hydrogen-bond donors (Lipinski definition) is 1. The number of hydrogen-bond acceptors (Lipinski definition) is 4. The standard InChI is InChI=1S/C16H19N3O2/c1-4-17-15(16-14(20-3)9-18-19(16)2)12-10-21-13-8-6-5-7-11(12)13/h5-10,15,17H,4H2,1-3H3. The quantitative estimate of drug-likeness (QED) is 0.783. The van der Waals surface area contributed by atoms with Crippen LogP contribution in [-0.2, 0) is 7.05 Å². The fourth-order valence-corrected chi connectivity index (χ4v) is 2.69. The zero-order valence-corrected chi connectivity index (χ0v) is 12.5. The van der Waals surface area contributed by atoms with Crippen LogP contribution in [0.1, 0.15) is 24.2 Å². The topological polar surface area (TPSA) is 52.2 Å². The van der Waals surface area contributed by atoms with E-state index in [1.807, 2.05) is 36.2 Å². The Balaban J connectivity index is 2.16. The Hall–Kier alpha value is -2.27. The van der Waals surface area contributed by atoms with Crippen molar-refractivity contribution in [2.24, 2.45) is 7.05 Å². The summed E-state index contributed by atoms with van der Waals surface area (Å²) in [7, 11) is 3.58. The molecular formula is C16H19N3O2. The maximum Gasteiger partial charge on any atom is 0.161 e. The third-order valence-corrected chi connectivity index (χ3v) is 3.67. The summed E-state index contributed by atoms with van der Waals surface area (Å²) in [5, 5.41) is 8.90. The van der Waals surface area contributed by atoms with Crippen LogP contribution in [0.15, 0.2) is 41.1 Å². The van der Waals surface area contributed by atoms with Gasteiger partial charge in [-0.05, 0) is 12.6 Å². The summed E-state index contributed by atoms with van der Waals surface area (Å²) >= 11 is 0. The Bertz CT molecular complexity index is 745. The van der Waals surface area contributed by atoms with Gasteiger partial charge in [0.05, 0.1) is 25.6 Å². The lowest BCUT2D eigenvalue weighted by Gasteiger charge is -2.18. The van der Waals surface area contributed by atoms with Crippen molar-refractivity contribution in [1.29, 1.82) is 0 Å². The van der Waals surface area contributed by atoms with E-state index in [-0.39, 0.29) is 6.04 Å². The molecule has 0 bridgehead atoms. The van der Waals surface area contributed by atoms with Crippen molar-refractivity contribution < 1.29 is 9.15 Å². The van der Waals surface area contributed by atoms with Gasteiger partial charge in [-0.1, -0.05) is 25.1 Å². The van der Waals surface area contributed by atoms with Crippen molar-refractivity contribution in [1.82, 2.24) is 15.1 Å². The van der Waals surface area contributed by atoms with Crippen molar-refractivity contribution in [2.45, 2.75) is 13.0 Å². The molecule has 1 N–H and O–H groups in total. The number of fused-ring (bicyclic) bond motifs is 1. The molecule has 1 atom stereocenters. The van der Waals surface area contributed by atoms with E-state index < -0.39 is 0 Å².